The van der Waals surface area contributed by atoms with Crippen molar-refractivity contribution in [2.24, 2.45) is 5.73 Å². The fourth-order valence-corrected chi connectivity index (χ4v) is 3.83. The average Bonchev–Trinajstić information content (AvgIpc) is 2.64. The average molecular weight is 440 g/mol. The Bertz CT molecular complexity index is 993. The number of nitrogens with one attached hydrogen (secondary N) is 1. The SMILES string of the molecule is COc1ccc(N(CCCC(=O)Nc2ccc(C(N)=O)cc2)S(C)(=O)=O)cc1Cl. The lowest BCUT2D eigenvalue weighted by atomic mass is 10.2. The fourth-order valence-electron chi connectivity index (χ4n) is 2.62. The predicted octanol–water partition coefficient (Wildman–Crippen LogP) is 2.63. The van der Waals surface area contributed by atoms with Crippen LogP contribution in [0, 0.1) is 0 Å². The van der Waals surface area contributed by atoms with Gasteiger partial charge in [-0.3, -0.25) is 13.9 Å². The lowest BCUT2D eigenvalue weighted by Gasteiger charge is -2.23. The highest BCUT2D eigenvalue weighted by molar-refractivity contribution is 7.92. The van der Waals surface area contributed by atoms with E-state index in [9.17, 15) is 18.0 Å². The van der Waals surface area contributed by atoms with Crippen LogP contribution < -0.4 is 20.1 Å². The highest BCUT2D eigenvalue weighted by atomic mass is 35.5. The first-order valence-corrected chi connectivity index (χ1v) is 10.9. The summed E-state index contributed by atoms with van der Waals surface area (Å²) in [5.74, 6) is -0.397. The van der Waals surface area contributed by atoms with Crippen LogP contribution in [0.1, 0.15) is 23.2 Å². The van der Waals surface area contributed by atoms with E-state index < -0.39 is 15.9 Å². The van der Waals surface area contributed by atoms with Gasteiger partial charge in [-0.15, -0.1) is 0 Å². The van der Waals surface area contributed by atoms with Crippen molar-refractivity contribution in [3.05, 3.63) is 53.1 Å². The number of methoxy groups -OCH3 is 1. The van der Waals surface area contributed by atoms with Crippen molar-refractivity contribution in [3.63, 3.8) is 0 Å². The van der Waals surface area contributed by atoms with Gasteiger partial charge in [-0.1, -0.05) is 11.6 Å². The lowest BCUT2D eigenvalue weighted by molar-refractivity contribution is -0.116. The highest BCUT2D eigenvalue weighted by Gasteiger charge is 2.19. The Morgan fingerprint density at radius 1 is 1.17 bits per heavy atom. The Balaban J connectivity index is 1.98. The first kappa shape index (κ1) is 22.5. The molecule has 0 heterocycles. The Labute approximate surface area is 174 Å². The number of benzene rings is 2. The van der Waals surface area contributed by atoms with Gasteiger partial charge < -0.3 is 15.8 Å². The number of halogens is 1. The fraction of sp³-hybridized carbons (Fsp3) is 0.263. The number of nitrogens with zero attached hydrogens (tertiary/aromatic N) is 1. The van der Waals surface area contributed by atoms with E-state index in [1.807, 2.05) is 0 Å². The molecule has 2 amide bonds. The molecule has 0 saturated heterocycles. The molecule has 8 nitrogen and oxygen atoms in total. The molecule has 0 spiro atoms. The third-order valence-electron chi connectivity index (χ3n) is 4.04. The summed E-state index contributed by atoms with van der Waals surface area (Å²) in [5.41, 5.74) is 6.42. The number of amides is 2. The topological polar surface area (TPSA) is 119 Å². The van der Waals surface area contributed by atoms with Crippen LogP contribution in [0.25, 0.3) is 0 Å². The lowest BCUT2D eigenvalue weighted by Crippen LogP contribution is -2.31. The second kappa shape index (κ2) is 9.62. The van der Waals surface area contributed by atoms with Crippen LogP contribution in [0.5, 0.6) is 5.75 Å². The van der Waals surface area contributed by atoms with Crippen LogP contribution in [0.15, 0.2) is 42.5 Å². The van der Waals surface area contributed by atoms with Gasteiger partial charge in [0.25, 0.3) is 0 Å². The number of primary amides is 1. The van der Waals surface area contributed by atoms with Crippen LogP contribution in [-0.2, 0) is 14.8 Å². The number of carbonyl (C=O) groups excluding carboxylic acids is 2. The number of ether oxygens (including phenoxy) is 1. The number of hydrogen-bond donors (Lipinski definition) is 2. The summed E-state index contributed by atoms with van der Waals surface area (Å²) >= 11 is 6.09. The molecule has 0 aromatic heterocycles. The summed E-state index contributed by atoms with van der Waals surface area (Å²) in [6.07, 6.45) is 1.49. The number of anilines is 2. The molecule has 0 aliphatic carbocycles. The Morgan fingerprint density at radius 2 is 1.83 bits per heavy atom. The number of sulfonamides is 1. The van der Waals surface area contributed by atoms with Crippen LogP contribution in [0.3, 0.4) is 0 Å². The summed E-state index contributed by atoms with van der Waals surface area (Å²) in [7, 11) is -2.10. The molecule has 29 heavy (non-hydrogen) atoms. The minimum absolute atomic E-state index is 0.105. The second-order valence-electron chi connectivity index (χ2n) is 6.25. The molecule has 0 radical (unpaired) electrons. The molecule has 0 fully saturated rings. The summed E-state index contributed by atoms with van der Waals surface area (Å²) in [6, 6.07) is 10.8. The minimum Gasteiger partial charge on any atom is -0.495 e. The van der Waals surface area contributed by atoms with Crippen molar-refractivity contribution >= 4 is 44.8 Å². The molecule has 3 N–H and O–H groups in total. The number of hydrogen-bond acceptors (Lipinski definition) is 5. The van der Waals surface area contributed by atoms with E-state index in [1.54, 1.807) is 24.3 Å². The van der Waals surface area contributed by atoms with Gasteiger partial charge in [0.1, 0.15) is 5.75 Å². The van der Waals surface area contributed by atoms with Gasteiger partial charge in [-0.2, -0.15) is 0 Å². The molecule has 0 aliphatic heterocycles. The van der Waals surface area contributed by atoms with Crippen molar-refractivity contribution in [2.45, 2.75) is 12.8 Å². The van der Waals surface area contributed by atoms with Gasteiger partial charge in [0.05, 0.1) is 24.1 Å². The first-order chi connectivity index (χ1) is 13.6. The van der Waals surface area contributed by atoms with Crippen molar-refractivity contribution < 1.29 is 22.7 Å². The summed E-state index contributed by atoms with van der Waals surface area (Å²) in [5, 5.41) is 2.98. The highest BCUT2D eigenvalue weighted by Crippen LogP contribution is 2.30. The predicted molar refractivity (Wildman–Crippen MR) is 113 cm³/mol. The molecule has 0 unspecified atom stereocenters. The van der Waals surface area contributed by atoms with Gasteiger partial charge in [-0.05, 0) is 48.9 Å². The first-order valence-electron chi connectivity index (χ1n) is 8.63. The zero-order chi connectivity index (χ0) is 21.6. The molecule has 156 valence electrons. The van der Waals surface area contributed by atoms with E-state index in [-0.39, 0.29) is 23.9 Å². The van der Waals surface area contributed by atoms with Crippen molar-refractivity contribution in [1.82, 2.24) is 0 Å². The number of nitrogens with two attached hydrogens (primary N) is 1. The van der Waals surface area contributed by atoms with E-state index in [4.69, 9.17) is 22.1 Å². The molecule has 2 aromatic carbocycles. The smallest absolute Gasteiger partial charge is 0.248 e. The number of rotatable bonds is 9. The van der Waals surface area contributed by atoms with Crippen LogP contribution in [-0.4, -0.2) is 40.1 Å². The maximum Gasteiger partial charge on any atom is 0.248 e. The van der Waals surface area contributed by atoms with E-state index in [0.717, 1.165) is 6.26 Å². The van der Waals surface area contributed by atoms with Crippen LogP contribution >= 0.6 is 11.6 Å². The van der Waals surface area contributed by atoms with Crippen LogP contribution in [0.4, 0.5) is 11.4 Å². The zero-order valence-corrected chi connectivity index (χ0v) is 17.6. The molecule has 0 atom stereocenters. The Kier molecular flexibility index (Phi) is 7.46. The second-order valence-corrected chi connectivity index (χ2v) is 8.56. The molecular weight excluding hydrogens is 418 g/mol. The van der Waals surface area contributed by atoms with Gasteiger partial charge in [0, 0.05) is 24.2 Å². The van der Waals surface area contributed by atoms with Gasteiger partial charge >= 0.3 is 0 Å². The van der Waals surface area contributed by atoms with E-state index in [2.05, 4.69) is 5.32 Å². The van der Waals surface area contributed by atoms with Crippen molar-refractivity contribution in [3.8, 4) is 5.75 Å². The largest absolute Gasteiger partial charge is 0.495 e. The quantitative estimate of drug-likeness (QED) is 0.622. The Morgan fingerprint density at radius 3 is 2.34 bits per heavy atom. The van der Waals surface area contributed by atoms with E-state index in [0.29, 0.717) is 29.1 Å². The summed E-state index contributed by atoms with van der Waals surface area (Å²) in [4.78, 5) is 23.2. The minimum atomic E-state index is -3.57. The van der Waals surface area contributed by atoms with Gasteiger partial charge in [0.2, 0.25) is 21.8 Å². The summed E-state index contributed by atoms with van der Waals surface area (Å²) < 4.78 is 30.6. The molecular formula is C19H22ClN3O5S. The molecule has 2 aromatic rings. The third-order valence-corrected chi connectivity index (χ3v) is 5.53. The van der Waals surface area contributed by atoms with E-state index >= 15 is 0 Å². The van der Waals surface area contributed by atoms with Crippen LogP contribution in [0.2, 0.25) is 5.02 Å². The number of carbonyl (C=O) groups is 2. The zero-order valence-electron chi connectivity index (χ0n) is 16.0. The molecule has 0 aliphatic rings. The molecule has 2 rings (SSSR count). The molecule has 0 saturated carbocycles. The molecule has 0 bridgehead atoms. The normalized spacial score (nSPS) is 11.0. The maximum atomic E-state index is 12.2. The third kappa shape index (κ3) is 6.37. The maximum absolute atomic E-state index is 12.2. The monoisotopic (exact) mass is 439 g/mol. The summed E-state index contributed by atoms with van der Waals surface area (Å²) in [6.45, 7) is 0.107. The Hall–Kier alpha value is -2.78. The van der Waals surface area contributed by atoms with Crippen molar-refractivity contribution in [1.29, 1.82) is 0 Å². The molecule has 10 heteroatoms. The van der Waals surface area contributed by atoms with Gasteiger partial charge in [0.15, 0.2) is 0 Å². The van der Waals surface area contributed by atoms with E-state index in [1.165, 1.54) is 29.6 Å². The van der Waals surface area contributed by atoms with Gasteiger partial charge in [-0.25, -0.2) is 8.42 Å². The standard InChI is InChI=1S/C19H22ClN3O5S/c1-28-17-10-9-15(12-16(17)20)23(29(2,26)27)11-3-4-18(24)22-14-7-5-13(6-8-14)19(21)25/h5-10,12H,3-4,11H2,1-2H3,(H2,21,25)(H,22,24). The van der Waals surface area contributed by atoms with Crippen molar-refractivity contribution in [2.75, 3.05) is 29.5 Å².